The van der Waals surface area contributed by atoms with Crippen LogP contribution in [0.4, 0.5) is 11.9 Å². The number of carbonyl (C=O) groups is 2. The molecular weight excluding hydrogens is 320 g/mol. The van der Waals surface area contributed by atoms with Crippen molar-refractivity contribution < 1.29 is 14.7 Å². The van der Waals surface area contributed by atoms with Crippen LogP contribution in [0.2, 0.25) is 0 Å². The van der Waals surface area contributed by atoms with Crippen molar-refractivity contribution in [3.05, 3.63) is 0 Å². The summed E-state index contributed by atoms with van der Waals surface area (Å²) in [7, 11) is 0. The Balaban J connectivity index is 2.86. The highest BCUT2D eigenvalue weighted by Crippen LogP contribution is 2.18. The second kappa shape index (κ2) is 9.13. The summed E-state index contributed by atoms with van der Waals surface area (Å²) in [6, 6.07) is -0.853. The van der Waals surface area contributed by atoms with E-state index < -0.39 is 17.9 Å². The Hall–Kier alpha value is -2.10. The van der Waals surface area contributed by atoms with E-state index in [0.29, 0.717) is 23.6 Å². The number of nitrogens with zero attached hydrogens (tertiary/aromatic N) is 3. The average Bonchev–Trinajstić information content (AvgIpc) is 2.42. The Labute approximate surface area is 139 Å². The summed E-state index contributed by atoms with van der Waals surface area (Å²) < 4.78 is 0. The smallest absolute Gasteiger partial charge is 0.327 e. The van der Waals surface area contributed by atoms with Gasteiger partial charge >= 0.3 is 5.97 Å². The van der Waals surface area contributed by atoms with Gasteiger partial charge < -0.3 is 21.1 Å². The maximum absolute atomic E-state index is 11.1. The lowest BCUT2D eigenvalue weighted by molar-refractivity contribution is -0.140. The fourth-order valence-corrected chi connectivity index (χ4v) is 2.40. The van der Waals surface area contributed by atoms with E-state index in [1.165, 1.54) is 6.92 Å². The van der Waals surface area contributed by atoms with Gasteiger partial charge in [-0.15, -0.1) is 0 Å². The lowest BCUT2D eigenvalue weighted by Gasteiger charge is -2.14. The largest absolute Gasteiger partial charge is 0.480 e. The van der Waals surface area contributed by atoms with E-state index in [1.807, 2.05) is 20.8 Å². The van der Waals surface area contributed by atoms with E-state index >= 15 is 0 Å². The Morgan fingerprint density at radius 3 is 2.39 bits per heavy atom. The molecule has 9 nitrogen and oxygen atoms in total. The molecule has 0 unspecified atom stereocenters. The van der Waals surface area contributed by atoms with Gasteiger partial charge in [-0.1, -0.05) is 11.8 Å². The van der Waals surface area contributed by atoms with E-state index in [1.54, 1.807) is 0 Å². The van der Waals surface area contributed by atoms with E-state index in [4.69, 9.17) is 5.11 Å². The third-order valence-electron chi connectivity index (χ3n) is 2.42. The van der Waals surface area contributed by atoms with Gasteiger partial charge in [0.05, 0.1) is 0 Å². The number of rotatable bonds is 9. The first-order valence-corrected chi connectivity index (χ1v) is 8.19. The van der Waals surface area contributed by atoms with Crippen LogP contribution < -0.4 is 16.0 Å². The number of carboxylic acid groups (broad SMARTS) is 1. The molecule has 1 rings (SSSR count). The zero-order chi connectivity index (χ0) is 17.4. The molecule has 1 aromatic heterocycles. The molecule has 1 amide bonds. The van der Waals surface area contributed by atoms with Gasteiger partial charge in [0.15, 0.2) is 5.16 Å². The van der Waals surface area contributed by atoms with Crippen LogP contribution >= 0.6 is 11.8 Å². The molecule has 4 N–H and O–H groups in total. The highest BCUT2D eigenvalue weighted by Gasteiger charge is 2.19. The zero-order valence-electron chi connectivity index (χ0n) is 13.6. The van der Waals surface area contributed by atoms with Crippen LogP contribution in [0.15, 0.2) is 5.16 Å². The van der Waals surface area contributed by atoms with Crippen LogP contribution in [-0.4, -0.2) is 56.3 Å². The monoisotopic (exact) mass is 342 g/mol. The molecule has 23 heavy (non-hydrogen) atoms. The standard InChI is InChI=1S/C13H22N6O3S/c1-5-14-11-17-12(15-7(2)3)19-13(18-11)23-6-9(10(21)22)16-8(4)20/h7,9H,5-6H2,1-4H3,(H,16,20)(H,21,22)(H2,14,15,17,18,19)/t9-/m1/s1. The van der Waals surface area contributed by atoms with E-state index in [2.05, 4.69) is 30.9 Å². The molecule has 0 bridgehead atoms. The summed E-state index contributed by atoms with van der Waals surface area (Å²) >= 11 is 1.14. The number of thioether (sulfide) groups is 1. The van der Waals surface area contributed by atoms with Gasteiger partial charge in [0.25, 0.3) is 0 Å². The molecule has 0 radical (unpaired) electrons. The lowest BCUT2D eigenvalue weighted by Crippen LogP contribution is -2.41. The van der Waals surface area contributed by atoms with Crippen LogP contribution in [0.5, 0.6) is 0 Å². The third-order valence-corrected chi connectivity index (χ3v) is 3.36. The molecule has 10 heteroatoms. The van der Waals surface area contributed by atoms with Crippen molar-refractivity contribution in [1.82, 2.24) is 20.3 Å². The minimum absolute atomic E-state index is 0.117. The average molecular weight is 342 g/mol. The van der Waals surface area contributed by atoms with Gasteiger partial charge in [0.2, 0.25) is 17.8 Å². The van der Waals surface area contributed by atoms with Crippen molar-refractivity contribution in [1.29, 1.82) is 0 Å². The van der Waals surface area contributed by atoms with Crippen molar-refractivity contribution in [2.75, 3.05) is 22.9 Å². The number of anilines is 2. The summed E-state index contributed by atoms with van der Waals surface area (Å²) in [4.78, 5) is 34.9. The van der Waals surface area contributed by atoms with E-state index in [-0.39, 0.29) is 11.8 Å². The predicted molar refractivity (Wildman–Crippen MR) is 88.7 cm³/mol. The van der Waals surface area contributed by atoms with Gasteiger partial charge in [-0.3, -0.25) is 4.79 Å². The highest BCUT2D eigenvalue weighted by atomic mass is 32.2. The fourth-order valence-electron chi connectivity index (χ4n) is 1.56. The molecule has 1 atom stereocenters. The van der Waals surface area contributed by atoms with Gasteiger partial charge in [-0.25, -0.2) is 4.79 Å². The van der Waals surface area contributed by atoms with E-state index in [9.17, 15) is 9.59 Å². The number of nitrogens with one attached hydrogen (secondary N) is 3. The van der Waals surface area contributed by atoms with Crippen LogP contribution in [0.3, 0.4) is 0 Å². The first-order valence-electron chi connectivity index (χ1n) is 7.21. The maximum atomic E-state index is 11.1. The van der Waals surface area contributed by atoms with Crippen molar-refractivity contribution in [2.24, 2.45) is 0 Å². The van der Waals surface area contributed by atoms with Crippen LogP contribution in [0.1, 0.15) is 27.7 Å². The number of hydrogen-bond donors (Lipinski definition) is 4. The van der Waals surface area contributed by atoms with Crippen molar-refractivity contribution in [3.63, 3.8) is 0 Å². The third kappa shape index (κ3) is 7.13. The Bertz CT molecular complexity index is 555. The molecule has 128 valence electrons. The maximum Gasteiger partial charge on any atom is 0.327 e. The number of aliphatic carboxylic acids is 1. The molecule has 0 fully saturated rings. The van der Waals surface area contributed by atoms with Crippen molar-refractivity contribution in [3.8, 4) is 0 Å². The second-order valence-corrected chi connectivity index (χ2v) is 5.98. The van der Waals surface area contributed by atoms with Crippen LogP contribution in [-0.2, 0) is 9.59 Å². The van der Waals surface area contributed by atoms with Crippen LogP contribution in [0.25, 0.3) is 0 Å². The first-order chi connectivity index (χ1) is 10.8. The van der Waals surface area contributed by atoms with Crippen molar-refractivity contribution in [2.45, 2.75) is 44.9 Å². The molecule has 0 aliphatic rings. The zero-order valence-corrected chi connectivity index (χ0v) is 14.4. The predicted octanol–water partition coefficient (Wildman–Crippen LogP) is 0.805. The molecule has 1 aromatic rings. The Morgan fingerprint density at radius 2 is 1.87 bits per heavy atom. The summed E-state index contributed by atoms with van der Waals surface area (Å²) in [5, 5.41) is 18.0. The number of carbonyl (C=O) groups excluding carboxylic acids is 1. The van der Waals surface area contributed by atoms with Gasteiger partial charge in [0.1, 0.15) is 6.04 Å². The van der Waals surface area contributed by atoms with Crippen LogP contribution in [0, 0.1) is 0 Å². The molecule has 0 aliphatic heterocycles. The molecule has 1 heterocycles. The first kappa shape index (κ1) is 18.9. The quantitative estimate of drug-likeness (QED) is 0.482. The second-order valence-electron chi connectivity index (χ2n) is 5.00. The topological polar surface area (TPSA) is 129 Å². The molecular formula is C13H22N6O3S. The number of hydrogen-bond acceptors (Lipinski definition) is 8. The molecule has 0 aliphatic carbocycles. The molecule has 0 saturated carbocycles. The summed E-state index contributed by atoms with van der Waals surface area (Å²) in [5.74, 6) is -0.552. The number of amides is 1. The van der Waals surface area contributed by atoms with E-state index in [0.717, 1.165) is 11.8 Å². The summed E-state index contributed by atoms with van der Waals surface area (Å²) in [6.07, 6.45) is 0. The Morgan fingerprint density at radius 1 is 1.22 bits per heavy atom. The Kier molecular flexibility index (Phi) is 7.52. The molecule has 0 saturated heterocycles. The minimum atomic E-state index is -1.10. The van der Waals surface area contributed by atoms with Crippen molar-refractivity contribution >= 4 is 35.5 Å². The van der Waals surface area contributed by atoms with Gasteiger partial charge in [-0.2, -0.15) is 15.0 Å². The lowest BCUT2D eigenvalue weighted by atomic mass is 10.3. The number of aromatic nitrogens is 3. The normalized spacial score (nSPS) is 11.9. The minimum Gasteiger partial charge on any atom is -0.480 e. The summed E-state index contributed by atoms with van der Waals surface area (Å²) in [5.41, 5.74) is 0. The highest BCUT2D eigenvalue weighted by molar-refractivity contribution is 7.99. The van der Waals surface area contributed by atoms with Gasteiger partial charge in [0, 0.05) is 25.3 Å². The number of carboxylic acids is 1. The fraction of sp³-hybridized carbons (Fsp3) is 0.615. The summed E-state index contributed by atoms with van der Waals surface area (Å²) in [6.45, 7) is 7.77. The molecule has 0 spiro atoms. The molecule has 0 aromatic carbocycles. The SMILES string of the molecule is CCNc1nc(NC(C)C)nc(SC[C@@H](NC(C)=O)C(=O)O)n1. The van der Waals surface area contributed by atoms with Gasteiger partial charge in [-0.05, 0) is 20.8 Å².